The van der Waals surface area contributed by atoms with Crippen molar-refractivity contribution >= 4 is 0 Å². The zero-order valence-electron chi connectivity index (χ0n) is 7.06. The summed E-state index contributed by atoms with van der Waals surface area (Å²) in [5.74, 6) is 0.913. The van der Waals surface area contributed by atoms with Crippen LogP contribution in [0.4, 0.5) is 0 Å². The highest BCUT2D eigenvalue weighted by Crippen LogP contribution is 2.41. The van der Waals surface area contributed by atoms with E-state index < -0.39 is 0 Å². The van der Waals surface area contributed by atoms with Crippen molar-refractivity contribution < 1.29 is 0 Å². The maximum absolute atomic E-state index is 4.05. The Morgan fingerprint density at radius 1 is 1.36 bits per heavy atom. The number of rotatable bonds is 1. The van der Waals surface area contributed by atoms with Crippen LogP contribution in [0.2, 0.25) is 0 Å². The molecule has 58 valence electrons. The standard InChI is InChI=1S/C11H14/c1-8-3-4-11(7-9(8)2)10-5-6-10/h3-4,10H,2,5-7H2,1H3. The molecule has 0 heteroatoms. The Morgan fingerprint density at radius 2 is 2.09 bits per heavy atom. The third-order valence-electron chi connectivity index (χ3n) is 2.62. The maximum atomic E-state index is 4.05. The van der Waals surface area contributed by atoms with Gasteiger partial charge in [0.05, 0.1) is 0 Å². The molecule has 0 aromatic heterocycles. The van der Waals surface area contributed by atoms with E-state index in [1.54, 1.807) is 5.57 Å². The van der Waals surface area contributed by atoms with E-state index in [-0.39, 0.29) is 0 Å². The lowest BCUT2D eigenvalue weighted by molar-refractivity contribution is 0.918. The van der Waals surface area contributed by atoms with Gasteiger partial charge in [-0.25, -0.2) is 0 Å². The van der Waals surface area contributed by atoms with E-state index in [1.165, 1.54) is 24.0 Å². The molecule has 0 saturated heterocycles. The molecular formula is C11H14. The molecule has 0 heterocycles. The first kappa shape index (κ1) is 6.90. The number of hydrogen-bond acceptors (Lipinski definition) is 0. The molecule has 0 aromatic carbocycles. The lowest BCUT2D eigenvalue weighted by atomic mass is 9.92. The fraction of sp³-hybridized carbons (Fsp3) is 0.455. The Morgan fingerprint density at radius 3 is 2.64 bits per heavy atom. The van der Waals surface area contributed by atoms with Crippen molar-refractivity contribution in [1.29, 1.82) is 0 Å². The van der Waals surface area contributed by atoms with Gasteiger partial charge in [-0.15, -0.1) is 0 Å². The zero-order valence-corrected chi connectivity index (χ0v) is 7.06. The van der Waals surface area contributed by atoms with Crippen molar-refractivity contribution in [2.75, 3.05) is 0 Å². The molecular weight excluding hydrogens is 132 g/mol. The Kier molecular flexibility index (Phi) is 1.49. The van der Waals surface area contributed by atoms with E-state index in [0.29, 0.717) is 0 Å². The first-order valence-electron chi connectivity index (χ1n) is 4.33. The van der Waals surface area contributed by atoms with Crippen LogP contribution in [0.3, 0.4) is 0 Å². The summed E-state index contributed by atoms with van der Waals surface area (Å²) in [5.41, 5.74) is 4.28. The van der Waals surface area contributed by atoms with Gasteiger partial charge in [-0.2, -0.15) is 0 Å². The molecule has 2 aliphatic carbocycles. The second kappa shape index (κ2) is 2.37. The Hall–Kier alpha value is -0.780. The van der Waals surface area contributed by atoms with Crippen LogP contribution in [0.5, 0.6) is 0 Å². The molecule has 11 heavy (non-hydrogen) atoms. The molecule has 0 nitrogen and oxygen atoms in total. The summed E-state index contributed by atoms with van der Waals surface area (Å²) in [7, 11) is 0. The molecule has 0 N–H and O–H groups in total. The predicted molar refractivity (Wildman–Crippen MR) is 48.3 cm³/mol. The van der Waals surface area contributed by atoms with Gasteiger partial charge in [0.1, 0.15) is 0 Å². The largest absolute Gasteiger partial charge is 0.0952 e. The molecule has 1 saturated carbocycles. The molecule has 2 rings (SSSR count). The summed E-state index contributed by atoms with van der Waals surface area (Å²) in [6.07, 6.45) is 8.45. The molecule has 2 aliphatic rings. The average molecular weight is 146 g/mol. The average Bonchev–Trinajstić information content (AvgIpc) is 2.77. The molecule has 0 aromatic rings. The SMILES string of the molecule is C=C1CC(C2CC2)=CC=C1C. The summed E-state index contributed by atoms with van der Waals surface area (Å²) in [6, 6.07) is 0. The van der Waals surface area contributed by atoms with Gasteiger partial charge < -0.3 is 0 Å². The molecule has 0 radical (unpaired) electrons. The predicted octanol–water partition coefficient (Wildman–Crippen LogP) is 3.23. The van der Waals surface area contributed by atoms with Crippen molar-refractivity contribution in [3.8, 4) is 0 Å². The minimum Gasteiger partial charge on any atom is -0.0952 e. The molecule has 0 aliphatic heterocycles. The first-order chi connectivity index (χ1) is 5.27. The molecule has 0 bridgehead atoms. The highest BCUT2D eigenvalue weighted by atomic mass is 14.3. The van der Waals surface area contributed by atoms with E-state index in [0.717, 1.165) is 12.3 Å². The van der Waals surface area contributed by atoms with Gasteiger partial charge in [0.15, 0.2) is 0 Å². The van der Waals surface area contributed by atoms with Gasteiger partial charge >= 0.3 is 0 Å². The van der Waals surface area contributed by atoms with E-state index in [2.05, 4.69) is 25.7 Å². The number of allylic oxidation sites excluding steroid dienone is 5. The first-order valence-corrected chi connectivity index (χ1v) is 4.33. The van der Waals surface area contributed by atoms with Crippen LogP contribution in [-0.4, -0.2) is 0 Å². The van der Waals surface area contributed by atoms with E-state index in [9.17, 15) is 0 Å². The molecule has 0 atom stereocenters. The van der Waals surface area contributed by atoms with Gasteiger partial charge in [0.2, 0.25) is 0 Å². The van der Waals surface area contributed by atoms with Crippen LogP contribution in [0, 0.1) is 5.92 Å². The van der Waals surface area contributed by atoms with Crippen molar-refractivity contribution in [1.82, 2.24) is 0 Å². The minimum atomic E-state index is 0.913. The minimum absolute atomic E-state index is 0.913. The van der Waals surface area contributed by atoms with Gasteiger partial charge in [0, 0.05) is 0 Å². The third kappa shape index (κ3) is 1.30. The normalized spacial score (nSPS) is 24.6. The summed E-state index contributed by atoms with van der Waals surface area (Å²) in [5, 5.41) is 0. The molecule has 0 spiro atoms. The number of hydrogen-bond donors (Lipinski definition) is 0. The van der Waals surface area contributed by atoms with Crippen molar-refractivity contribution in [2.24, 2.45) is 5.92 Å². The van der Waals surface area contributed by atoms with Crippen LogP contribution in [0.15, 0.2) is 35.5 Å². The Balaban J connectivity index is 2.18. The van der Waals surface area contributed by atoms with E-state index in [4.69, 9.17) is 0 Å². The van der Waals surface area contributed by atoms with Crippen LogP contribution < -0.4 is 0 Å². The smallest absolute Gasteiger partial charge is 0.00645 e. The van der Waals surface area contributed by atoms with E-state index in [1.807, 2.05) is 0 Å². The van der Waals surface area contributed by atoms with Crippen molar-refractivity contribution in [3.05, 3.63) is 35.5 Å². The third-order valence-corrected chi connectivity index (χ3v) is 2.62. The van der Waals surface area contributed by atoms with Crippen LogP contribution >= 0.6 is 0 Å². The van der Waals surface area contributed by atoms with Crippen molar-refractivity contribution in [3.63, 3.8) is 0 Å². The van der Waals surface area contributed by atoms with Crippen LogP contribution in [0.25, 0.3) is 0 Å². The summed E-state index contributed by atoms with van der Waals surface area (Å²) in [6.45, 7) is 6.19. The monoisotopic (exact) mass is 146 g/mol. The Labute approximate surface area is 68.3 Å². The topological polar surface area (TPSA) is 0 Å². The van der Waals surface area contributed by atoms with Gasteiger partial charge in [0.25, 0.3) is 0 Å². The molecule has 1 fully saturated rings. The quantitative estimate of drug-likeness (QED) is 0.532. The fourth-order valence-electron chi connectivity index (χ4n) is 1.53. The second-order valence-electron chi connectivity index (χ2n) is 3.65. The molecule has 0 unspecified atom stereocenters. The van der Waals surface area contributed by atoms with Crippen molar-refractivity contribution in [2.45, 2.75) is 26.2 Å². The maximum Gasteiger partial charge on any atom is -0.00645 e. The Bertz CT molecular complexity index is 249. The lowest BCUT2D eigenvalue weighted by Gasteiger charge is -2.13. The summed E-state index contributed by atoms with van der Waals surface area (Å²) in [4.78, 5) is 0. The molecule has 0 amide bonds. The zero-order chi connectivity index (χ0) is 7.84. The van der Waals surface area contributed by atoms with Crippen LogP contribution in [0.1, 0.15) is 26.2 Å². The summed E-state index contributed by atoms with van der Waals surface area (Å²) >= 11 is 0. The van der Waals surface area contributed by atoms with Gasteiger partial charge in [-0.05, 0) is 43.3 Å². The van der Waals surface area contributed by atoms with Crippen LogP contribution in [-0.2, 0) is 0 Å². The highest BCUT2D eigenvalue weighted by Gasteiger charge is 2.26. The van der Waals surface area contributed by atoms with Gasteiger partial charge in [-0.1, -0.05) is 24.3 Å². The second-order valence-corrected chi connectivity index (χ2v) is 3.65. The van der Waals surface area contributed by atoms with Gasteiger partial charge in [-0.3, -0.25) is 0 Å². The lowest BCUT2D eigenvalue weighted by Crippen LogP contribution is -1.95. The summed E-state index contributed by atoms with van der Waals surface area (Å²) < 4.78 is 0. The fourth-order valence-corrected chi connectivity index (χ4v) is 1.53. The van der Waals surface area contributed by atoms with E-state index >= 15 is 0 Å². The highest BCUT2D eigenvalue weighted by molar-refractivity contribution is 5.41.